The first-order valence-corrected chi connectivity index (χ1v) is 8.31. The molecule has 0 fully saturated rings. The number of anilines is 1. The van der Waals surface area contributed by atoms with Crippen molar-refractivity contribution in [2.45, 2.75) is 25.4 Å². The zero-order valence-corrected chi connectivity index (χ0v) is 14.1. The number of carbonyl (C=O) groups is 2. The number of ketones is 2. The minimum atomic E-state index is -1.13. The Hall–Kier alpha value is -2.88. The predicted octanol–water partition coefficient (Wildman–Crippen LogP) is 0.649. The number of hydrogen-bond donors (Lipinski definition) is 3. The SMILES string of the molecule is O=C1C=C(Nc2ccccc2F)C(=O)c2c1nc1n2C[C@@H]([C@H](O)CO)OC1. The van der Waals surface area contributed by atoms with Crippen molar-refractivity contribution in [3.63, 3.8) is 0 Å². The number of allylic oxidation sites excluding steroid dienone is 2. The fraction of sp³-hybridized carbons (Fsp3) is 0.278. The third-order valence-corrected chi connectivity index (χ3v) is 4.56. The van der Waals surface area contributed by atoms with Crippen LogP contribution in [0, 0.1) is 5.82 Å². The lowest BCUT2D eigenvalue weighted by Gasteiger charge is -2.28. The molecule has 0 amide bonds. The lowest BCUT2D eigenvalue weighted by molar-refractivity contribution is -0.0873. The van der Waals surface area contributed by atoms with Gasteiger partial charge in [0, 0.05) is 6.08 Å². The molecule has 3 N–H and O–H groups in total. The van der Waals surface area contributed by atoms with E-state index in [0.717, 1.165) is 6.08 Å². The molecule has 2 heterocycles. The van der Waals surface area contributed by atoms with Crippen molar-refractivity contribution in [1.29, 1.82) is 0 Å². The van der Waals surface area contributed by atoms with Crippen LogP contribution < -0.4 is 5.32 Å². The van der Waals surface area contributed by atoms with Crippen molar-refractivity contribution >= 4 is 17.3 Å². The number of rotatable bonds is 4. The van der Waals surface area contributed by atoms with E-state index in [1.807, 2.05) is 0 Å². The second kappa shape index (κ2) is 6.69. The average molecular weight is 373 g/mol. The molecule has 1 aromatic heterocycles. The van der Waals surface area contributed by atoms with E-state index in [9.17, 15) is 19.1 Å². The molecule has 2 aliphatic rings. The van der Waals surface area contributed by atoms with Crippen molar-refractivity contribution in [2.24, 2.45) is 0 Å². The summed E-state index contributed by atoms with van der Waals surface area (Å²) in [7, 11) is 0. The van der Waals surface area contributed by atoms with Crippen LogP contribution in [-0.2, 0) is 17.9 Å². The lowest BCUT2D eigenvalue weighted by Crippen LogP contribution is -2.40. The highest BCUT2D eigenvalue weighted by Crippen LogP contribution is 2.28. The third-order valence-electron chi connectivity index (χ3n) is 4.56. The zero-order chi connectivity index (χ0) is 19.1. The second-order valence-electron chi connectivity index (χ2n) is 6.29. The first kappa shape index (κ1) is 17.5. The lowest BCUT2D eigenvalue weighted by atomic mass is 10.0. The van der Waals surface area contributed by atoms with E-state index < -0.39 is 36.2 Å². The number of imidazole rings is 1. The summed E-state index contributed by atoms with van der Waals surface area (Å²) in [5, 5.41) is 21.6. The molecule has 4 rings (SSSR count). The molecule has 8 nitrogen and oxygen atoms in total. The van der Waals surface area contributed by atoms with Crippen LogP contribution in [0.4, 0.5) is 10.1 Å². The summed E-state index contributed by atoms with van der Waals surface area (Å²) in [6.07, 6.45) is -0.772. The Morgan fingerprint density at radius 3 is 2.89 bits per heavy atom. The summed E-state index contributed by atoms with van der Waals surface area (Å²) in [5.41, 5.74) is 0.0706. The summed E-state index contributed by atoms with van der Waals surface area (Å²) in [5.74, 6) is -1.17. The number of hydrogen-bond acceptors (Lipinski definition) is 7. The largest absolute Gasteiger partial charge is 0.394 e. The number of fused-ring (bicyclic) bond motifs is 3. The molecule has 27 heavy (non-hydrogen) atoms. The number of ether oxygens (including phenoxy) is 1. The summed E-state index contributed by atoms with van der Waals surface area (Å²) >= 11 is 0. The van der Waals surface area contributed by atoms with E-state index in [2.05, 4.69) is 10.3 Å². The van der Waals surface area contributed by atoms with E-state index in [0.29, 0.717) is 5.82 Å². The highest BCUT2D eigenvalue weighted by atomic mass is 19.1. The number of halogens is 1. The Kier molecular flexibility index (Phi) is 4.34. The monoisotopic (exact) mass is 373 g/mol. The molecule has 0 radical (unpaired) electrons. The molecule has 0 spiro atoms. The van der Waals surface area contributed by atoms with Crippen molar-refractivity contribution in [1.82, 2.24) is 9.55 Å². The van der Waals surface area contributed by atoms with E-state index in [1.54, 1.807) is 6.07 Å². The van der Waals surface area contributed by atoms with Crippen LogP contribution >= 0.6 is 0 Å². The van der Waals surface area contributed by atoms with Crippen LogP contribution in [0.5, 0.6) is 0 Å². The molecule has 140 valence electrons. The van der Waals surface area contributed by atoms with E-state index in [-0.39, 0.29) is 35.9 Å². The maximum Gasteiger partial charge on any atom is 0.228 e. The number of nitrogens with zero attached hydrogens (tertiary/aromatic N) is 2. The molecule has 0 saturated carbocycles. The number of aliphatic hydroxyl groups excluding tert-OH is 2. The van der Waals surface area contributed by atoms with Gasteiger partial charge in [0.15, 0.2) is 0 Å². The molecule has 1 aliphatic heterocycles. The Labute approximate surface area is 152 Å². The minimum absolute atomic E-state index is 0.00294. The van der Waals surface area contributed by atoms with Gasteiger partial charge in [-0.1, -0.05) is 12.1 Å². The summed E-state index contributed by atoms with van der Waals surface area (Å²) in [6.45, 7) is -0.444. The van der Waals surface area contributed by atoms with Crippen LogP contribution in [0.3, 0.4) is 0 Å². The Morgan fingerprint density at radius 1 is 1.37 bits per heavy atom. The first-order chi connectivity index (χ1) is 13.0. The molecule has 0 saturated heterocycles. The van der Waals surface area contributed by atoms with E-state index in [1.165, 1.54) is 22.8 Å². The quantitative estimate of drug-likeness (QED) is 0.721. The second-order valence-corrected chi connectivity index (χ2v) is 6.29. The van der Waals surface area contributed by atoms with Crippen molar-refractivity contribution in [2.75, 3.05) is 11.9 Å². The summed E-state index contributed by atoms with van der Waals surface area (Å²) < 4.78 is 20.8. The number of nitrogens with one attached hydrogen (secondary N) is 1. The van der Waals surface area contributed by atoms with Gasteiger partial charge in [0.05, 0.1) is 24.5 Å². The smallest absolute Gasteiger partial charge is 0.228 e. The highest BCUT2D eigenvalue weighted by Gasteiger charge is 2.37. The van der Waals surface area contributed by atoms with Crippen LogP contribution in [0.1, 0.15) is 26.8 Å². The molecular formula is C18H16FN3O5. The van der Waals surface area contributed by atoms with Gasteiger partial charge in [-0.2, -0.15) is 0 Å². The number of carbonyl (C=O) groups excluding carboxylic acids is 2. The number of Topliss-reactive ketones (excluding diaryl/α,β-unsaturated/α-hetero) is 1. The van der Waals surface area contributed by atoms with Gasteiger partial charge < -0.3 is 24.8 Å². The van der Waals surface area contributed by atoms with Gasteiger partial charge in [-0.05, 0) is 12.1 Å². The van der Waals surface area contributed by atoms with Crippen molar-refractivity contribution in [3.05, 3.63) is 59.1 Å². The van der Waals surface area contributed by atoms with Crippen molar-refractivity contribution < 1.29 is 28.9 Å². The third kappa shape index (κ3) is 2.95. The van der Waals surface area contributed by atoms with Crippen LogP contribution in [0.2, 0.25) is 0 Å². The van der Waals surface area contributed by atoms with Gasteiger partial charge in [-0.15, -0.1) is 0 Å². The maximum atomic E-state index is 13.9. The van der Waals surface area contributed by atoms with Gasteiger partial charge in [-0.3, -0.25) is 9.59 Å². The molecule has 1 aliphatic carbocycles. The number of benzene rings is 1. The highest BCUT2D eigenvalue weighted by molar-refractivity contribution is 6.24. The summed E-state index contributed by atoms with van der Waals surface area (Å²) in [4.78, 5) is 29.6. The van der Waals surface area contributed by atoms with Gasteiger partial charge in [0.1, 0.15) is 41.8 Å². The Bertz CT molecular complexity index is 968. The van der Waals surface area contributed by atoms with Crippen LogP contribution in [0.25, 0.3) is 0 Å². The molecule has 9 heteroatoms. The molecule has 0 unspecified atom stereocenters. The minimum Gasteiger partial charge on any atom is -0.394 e. The standard InChI is InChI=1S/C18H16FN3O5/c19-9-3-1-2-4-10(9)20-11-5-12(24)16-17(18(11)26)22-6-14(13(25)7-23)27-8-15(22)21-16/h1-5,13-14,20,23,25H,6-8H2/t13-,14+/m1/s1. The topological polar surface area (TPSA) is 114 Å². The Balaban J connectivity index is 1.69. The number of para-hydroxylation sites is 1. The van der Waals surface area contributed by atoms with Gasteiger partial charge in [0.25, 0.3) is 0 Å². The molecule has 2 atom stereocenters. The summed E-state index contributed by atoms with van der Waals surface area (Å²) in [6, 6.07) is 5.81. The Morgan fingerprint density at radius 2 is 2.15 bits per heavy atom. The van der Waals surface area contributed by atoms with Crippen LogP contribution in [0.15, 0.2) is 36.0 Å². The van der Waals surface area contributed by atoms with E-state index >= 15 is 0 Å². The average Bonchev–Trinajstić information content (AvgIpc) is 3.06. The fourth-order valence-corrected chi connectivity index (χ4v) is 3.17. The fourth-order valence-electron chi connectivity index (χ4n) is 3.17. The predicted molar refractivity (Wildman–Crippen MR) is 90.7 cm³/mol. The van der Waals surface area contributed by atoms with Gasteiger partial charge in [0.2, 0.25) is 11.6 Å². The van der Waals surface area contributed by atoms with Crippen molar-refractivity contribution in [3.8, 4) is 0 Å². The molecule has 1 aromatic carbocycles. The molecule has 0 bridgehead atoms. The van der Waals surface area contributed by atoms with E-state index in [4.69, 9.17) is 9.84 Å². The first-order valence-electron chi connectivity index (χ1n) is 8.31. The van der Waals surface area contributed by atoms with Gasteiger partial charge in [-0.25, -0.2) is 9.37 Å². The number of aromatic nitrogens is 2. The molecular weight excluding hydrogens is 357 g/mol. The van der Waals surface area contributed by atoms with Crippen LogP contribution in [-0.4, -0.2) is 50.1 Å². The maximum absolute atomic E-state index is 13.9. The number of aliphatic hydroxyl groups is 2. The molecule has 2 aromatic rings. The normalized spacial score (nSPS) is 20.0. The zero-order valence-electron chi connectivity index (χ0n) is 14.1. The van der Waals surface area contributed by atoms with Gasteiger partial charge >= 0.3 is 0 Å².